The summed E-state index contributed by atoms with van der Waals surface area (Å²) in [7, 11) is 0. The zero-order valence-corrected chi connectivity index (χ0v) is 9.42. The van der Waals surface area contributed by atoms with Gasteiger partial charge in [0.2, 0.25) is 0 Å². The average Bonchev–Trinajstić information content (AvgIpc) is 2.09. The van der Waals surface area contributed by atoms with Crippen molar-refractivity contribution in [3.63, 3.8) is 0 Å². The molecule has 1 nitrogen and oxygen atoms in total. The molecule has 13 heavy (non-hydrogen) atoms. The lowest BCUT2D eigenvalue weighted by Crippen LogP contribution is -2.39. The van der Waals surface area contributed by atoms with Crippen molar-refractivity contribution in [1.29, 1.82) is 0 Å². The highest BCUT2D eigenvalue weighted by Gasteiger charge is 2.29. The molecular formula is C12H25N. The Bertz CT molecular complexity index is 142. The van der Waals surface area contributed by atoms with Gasteiger partial charge < -0.3 is 5.73 Å². The third-order valence-electron chi connectivity index (χ3n) is 3.75. The summed E-state index contributed by atoms with van der Waals surface area (Å²) in [4.78, 5) is 0. The van der Waals surface area contributed by atoms with E-state index in [0.717, 1.165) is 17.8 Å². The van der Waals surface area contributed by atoms with Crippen molar-refractivity contribution in [2.45, 2.75) is 58.9 Å². The second kappa shape index (κ2) is 4.99. The molecule has 2 N–H and O–H groups in total. The summed E-state index contributed by atoms with van der Waals surface area (Å²) in [5.41, 5.74) is 6.19. The minimum absolute atomic E-state index is 0.487. The molecule has 1 fully saturated rings. The maximum Gasteiger partial charge on any atom is 0.00699 e. The molecule has 1 rings (SSSR count). The van der Waals surface area contributed by atoms with Crippen LogP contribution in [0.1, 0.15) is 52.9 Å². The van der Waals surface area contributed by atoms with Crippen LogP contribution < -0.4 is 5.73 Å². The van der Waals surface area contributed by atoms with Gasteiger partial charge in [0.15, 0.2) is 0 Å². The molecule has 0 aromatic heterocycles. The van der Waals surface area contributed by atoms with E-state index in [-0.39, 0.29) is 0 Å². The zero-order valence-electron chi connectivity index (χ0n) is 9.42. The van der Waals surface area contributed by atoms with E-state index in [9.17, 15) is 0 Å². The van der Waals surface area contributed by atoms with Crippen molar-refractivity contribution in [2.75, 3.05) is 0 Å². The molecule has 1 heteroatoms. The van der Waals surface area contributed by atoms with Gasteiger partial charge in [0, 0.05) is 6.04 Å². The Balaban J connectivity index is 2.55. The molecule has 0 aromatic carbocycles. The topological polar surface area (TPSA) is 26.0 Å². The van der Waals surface area contributed by atoms with Gasteiger partial charge in [-0.1, -0.05) is 40.0 Å². The third-order valence-corrected chi connectivity index (χ3v) is 3.75. The van der Waals surface area contributed by atoms with E-state index in [1.54, 1.807) is 0 Å². The lowest BCUT2D eigenvalue weighted by atomic mass is 9.71. The molecular weight excluding hydrogens is 158 g/mol. The minimum Gasteiger partial charge on any atom is -0.327 e. The number of rotatable bonds is 3. The van der Waals surface area contributed by atoms with Crippen molar-refractivity contribution in [1.82, 2.24) is 0 Å². The quantitative estimate of drug-likeness (QED) is 0.714. The van der Waals surface area contributed by atoms with Crippen molar-refractivity contribution in [3.8, 4) is 0 Å². The molecule has 3 unspecified atom stereocenters. The van der Waals surface area contributed by atoms with Crippen LogP contribution in [0.25, 0.3) is 0 Å². The summed E-state index contributed by atoms with van der Waals surface area (Å²) in [5.74, 6) is 2.47. The van der Waals surface area contributed by atoms with E-state index < -0.39 is 0 Å². The molecule has 3 atom stereocenters. The van der Waals surface area contributed by atoms with E-state index in [2.05, 4.69) is 20.8 Å². The molecule has 0 aliphatic heterocycles. The smallest absolute Gasteiger partial charge is 0.00699 e. The van der Waals surface area contributed by atoms with Crippen LogP contribution in [0.15, 0.2) is 0 Å². The lowest BCUT2D eigenvalue weighted by molar-refractivity contribution is 0.166. The molecule has 0 bridgehead atoms. The van der Waals surface area contributed by atoms with Crippen molar-refractivity contribution in [2.24, 2.45) is 23.5 Å². The summed E-state index contributed by atoms with van der Waals surface area (Å²) in [6, 6.07) is 0.487. The monoisotopic (exact) mass is 183 g/mol. The molecule has 1 aliphatic carbocycles. The van der Waals surface area contributed by atoms with Gasteiger partial charge >= 0.3 is 0 Å². The minimum atomic E-state index is 0.487. The van der Waals surface area contributed by atoms with Crippen LogP contribution in [0.5, 0.6) is 0 Å². The predicted molar refractivity (Wildman–Crippen MR) is 58.6 cm³/mol. The van der Waals surface area contributed by atoms with Gasteiger partial charge in [-0.15, -0.1) is 0 Å². The van der Waals surface area contributed by atoms with Gasteiger partial charge in [-0.3, -0.25) is 0 Å². The maximum atomic E-state index is 6.19. The zero-order chi connectivity index (χ0) is 9.84. The highest BCUT2D eigenvalue weighted by molar-refractivity contribution is 4.83. The predicted octanol–water partition coefficient (Wildman–Crippen LogP) is 3.19. The van der Waals surface area contributed by atoms with E-state index in [1.165, 1.54) is 32.1 Å². The van der Waals surface area contributed by atoms with Crippen LogP contribution in [-0.2, 0) is 0 Å². The first-order valence-corrected chi connectivity index (χ1v) is 5.92. The first kappa shape index (κ1) is 11.0. The number of hydrogen-bond acceptors (Lipinski definition) is 1. The van der Waals surface area contributed by atoms with Crippen LogP contribution in [-0.4, -0.2) is 6.04 Å². The van der Waals surface area contributed by atoms with Crippen molar-refractivity contribution >= 4 is 0 Å². The molecule has 78 valence electrons. The molecule has 0 radical (unpaired) electrons. The van der Waals surface area contributed by atoms with Crippen molar-refractivity contribution < 1.29 is 0 Å². The molecule has 0 saturated heterocycles. The van der Waals surface area contributed by atoms with Gasteiger partial charge in [-0.25, -0.2) is 0 Å². The first-order chi connectivity index (χ1) is 6.16. The fourth-order valence-electron chi connectivity index (χ4n) is 2.99. The summed E-state index contributed by atoms with van der Waals surface area (Å²) >= 11 is 0. The largest absolute Gasteiger partial charge is 0.327 e. The van der Waals surface area contributed by atoms with Gasteiger partial charge in [-0.2, -0.15) is 0 Å². The van der Waals surface area contributed by atoms with Crippen LogP contribution in [0.4, 0.5) is 0 Å². The van der Waals surface area contributed by atoms with E-state index in [1.807, 2.05) is 0 Å². The van der Waals surface area contributed by atoms with Crippen LogP contribution in [0.2, 0.25) is 0 Å². The fourth-order valence-corrected chi connectivity index (χ4v) is 2.99. The van der Waals surface area contributed by atoms with Gasteiger partial charge in [0.1, 0.15) is 0 Å². The highest BCUT2D eigenvalue weighted by Crippen LogP contribution is 2.34. The summed E-state index contributed by atoms with van der Waals surface area (Å²) in [6.07, 6.45) is 6.69. The average molecular weight is 183 g/mol. The second-order valence-corrected chi connectivity index (χ2v) is 4.93. The Morgan fingerprint density at radius 2 is 1.85 bits per heavy atom. The van der Waals surface area contributed by atoms with E-state index >= 15 is 0 Å². The van der Waals surface area contributed by atoms with Gasteiger partial charge in [-0.05, 0) is 30.6 Å². The third kappa shape index (κ3) is 2.70. The molecule has 0 spiro atoms. The highest BCUT2D eigenvalue weighted by atomic mass is 14.7. The molecule has 1 saturated carbocycles. The summed E-state index contributed by atoms with van der Waals surface area (Å²) in [6.45, 7) is 7.00. The molecule has 0 amide bonds. The SMILES string of the molecule is CCC(C(C)C)C1CCCCC1N. The fraction of sp³-hybridized carbons (Fsp3) is 1.00. The standard InChI is InChI=1S/C12H25N/c1-4-10(9(2)3)11-7-5-6-8-12(11)13/h9-12H,4-8,13H2,1-3H3. The summed E-state index contributed by atoms with van der Waals surface area (Å²) < 4.78 is 0. The van der Waals surface area contributed by atoms with Gasteiger partial charge in [0.05, 0.1) is 0 Å². The van der Waals surface area contributed by atoms with Crippen LogP contribution in [0.3, 0.4) is 0 Å². The van der Waals surface area contributed by atoms with Crippen LogP contribution in [0, 0.1) is 17.8 Å². The Labute approximate surface area is 83.1 Å². The Morgan fingerprint density at radius 3 is 2.31 bits per heavy atom. The van der Waals surface area contributed by atoms with Gasteiger partial charge in [0.25, 0.3) is 0 Å². The number of hydrogen-bond donors (Lipinski definition) is 1. The molecule has 1 aliphatic rings. The Kier molecular flexibility index (Phi) is 4.24. The Hall–Kier alpha value is -0.0400. The molecule has 0 heterocycles. The Morgan fingerprint density at radius 1 is 1.23 bits per heavy atom. The van der Waals surface area contributed by atoms with E-state index in [4.69, 9.17) is 5.73 Å². The maximum absolute atomic E-state index is 6.19. The summed E-state index contributed by atoms with van der Waals surface area (Å²) in [5, 5.41) is 0. The normalized spacial score (nSPS) is 32.1. The van der Waals surface area contributed by atoms with Crippen LogP contribution >= 0.6 is 0 Å². The first-order valence-electron chi connectivity index (χ1n) is 5.92. The van der Waals surface area contributed by atoms with Crippen molar-refractivity contribution in [3.05, 3.63) is 0 Å². The lowest BCUT2D eigenvalue weighted by Gasteiger charge is -2.36. The van der Waals surface area contributed by atoms with E-state index in [0.29, 0.717) is 6.04 Å². The number of nitrogens with two attached hydrogens (primary N) is 1. The molecule has 0 aromatic rings. The second-order valence-electron chi connectivity index (χ2n) is 4.93.